The van der Waals surface area contributed by atoms with Crippen molar-refractivity contribution in [2.24, 2.45) is 7.05 Å². The monoisotopic (exact) mass is 299 g/mol. The number of hydrogen-bond donors (Lipinski definition) is 1. The summed E-state index contributed by atoms with van der Waals surface area (Å²) in [5.41, 5.74) is 4.85. The molecule has 106 valence electrons. The van der Waals surface area contributed by atoms with Gasteiger partial charge in [0, 0.05) is 36.9 Å². The molecular formula is C14H13N5OS. The Bertz CT molecular complexity index is 733. The van der Waals surface area contributed by atoms with Gasteiger partial charge in [0.25, 0.3) is 5.91 Å². The van der Waals surface area contributed by atoms with Crippen LogP contribution in [0.15, 0.2) is 41.6 Å². The third-order valence-corrected chi connectivity index (χ3v) is 3.53. The lowest BCUT2D eigenvalue weighted by Gasteiger charge is -2.04. The molecule has 0 aromatic carbocycles. The SMILES string of the molecule is Cn1cc(-c2ccc(CNC(=O)c3cscn3)cn2)cn1. The molecule has 0 aliphatic carbocycles. The quantitative estimate of drug-likeness (QED) is 0.798. The normalized spacial score (nSPS) is 10.5. The first-order valence-corrected chi connectivity index (χ1v) is 7.27. The number of thiazole rings is 1. The van der Waals surface area contributed by atoms with E-state index in [1.165, 1.54) is 11.3 Å². The van der Waals surface area contributed by atoms with Crippen molar-refractivity contribution < 1.29 is 4.79 Å². The number of amides is 1. The number of hydrogen-bond acceptors (Lipinski definition) is 5. The molecule has 3 heterocycles. The number of nitrogens with zero attached hydrogens (tertiary/aromatic N) is 4. The molecule has 21 heavy (non-hydrogen) atoms. The summed E-state index contributed by atoms with van der Waals surface area (Å²) < 4.78 is 1.74. The van der Waals surface area contributed by atoms with Gasteiger partial charge in [-0.05, 0) is 11.6 Å². The van der Waals surface area contributed by atoms with Crippen LogP contribution in [0.1, 0.15) is 16.1 Å². The second kappa shape index (κ2) is 5.84. The van der Waals surface area contributed by atoms with Gasteiger partial charge in [0.15, 0.2) is 0 Å². The number of rotatable bonds is 4. The molecule has 0 spiro atoms. The van der Waals surface area contributed by atoms with Gasteiger partial charge in [0.05, 0.1) is 17.4 Å². The van der Waals surface area contributed by atoms with Gasteiger partial charge in [-0.1, -0.05) is 6.07 Å². The summed E-state index contributed by atoms with van der Waals surface area (Å²) in [7, 11) is 1.87. The molecule has 3 rings (SSSR count). The minimum absolute atomic E-state index is 0.174. The lowest BCUT2D eigenvalue weighted by molar-refractivity contribution is 0.0946. The number of aromatic nitrogens is 4. The molecule has 0 bridgehead atoms. The molecule has 6 nitrogen and oxygen atoms in total. The van der Waals surface area contributed by atoms with Crippen LogP contribution in [-0.4, -0.2) is 25.7 Å². The number of aryl methyl sites for hydroxylation is 1. The highest BCUT2D eigenvalue weighted by molar-refractivity contribution is 7.07. The van der Waals surface area contributed by atoms with Crippen molar-refractivity contribution in [3.8, 4) is 11.3 Å². The van der Waals surface area contributed by atoms with Crippen molar-refractivity contribution in [2.45, 2.75) is 6.54 Å². The summed E-state index contributed by atoms with van der Waals surface area (Å²) in [4.78, 5) is 20.1. The Morgan fingerprint density at radius 3 is 2.86 bits per heavy atom. The maximum Gasteiger partial charge on any atom is 0.271 e. The number of nitrogens with one attached hydrogen (secondary N) is 1. The fraction of sp³-hybridized carbons (Fsp3) is 0.143. The maximum absolute atomic E-state index is 11.8. The number of carbonyl (C=O) groups excluding carboxylic acids is 1. The third-order valence-electron chi connectivity index (χ3n) is 2.94. The smallest absolute Gasteiger partial charge is 0.271 e. The zero-order chi connectivity index (χ0) is 14.7. The summed E-state index contributed by atoms with van der Waals surface area (Å²) >= 11 is 1.40. The van der Waals surface area contributed by atoms with Crippen LogP contribution in [0, 0.1) is 0 Å². The molecule has 7 heteroatoms. The minimum atomic E-state index is -0.174. The van der Waals surface area contributed by atoms with Crippen molar-refractivity contribution in [3.63, 3.8) is 0 Å². The van der Waals surface area contributed by atoms with E-state index in [-0.39, 0.29) is 5.91 Å². The molecular weight excluding hydrogens is 286 g/mol. The molecule has 0 aliphatic rings. The number of carbonyl (C=O) groups is 1. The average Bonchev–Trinajstić information content (AvgIpc) is 3.17. The maximum atomic E-state index is 11.8. The summed E-state index contributed by atoms with van der Waals surface area (Å²) in [6.07, 6.45) is 5.43. The number of pyridine rings is 1. The van der Waals surface area contributed by atoms with Crippen LogP contribution in [0.2, 0.25) is 0 Å². The van der Waals surface area contributed by atoms with Crippen LogP contribution in [0.25, 0.3) is 11.3 Å². The second-order valence-electron chi connectivity index (χ2n) is 4.51. The van der Waals surface area contributed by atoms with Crippen LogP contribution < -0.4 is 5.32 Å². The van der Waals surface area contributed by atoms with Crippen molar-refractivity contribution >= 4 is 17.2 Å². The van der Waals surface area contributed by atoms with Crippen LogP contribution in [-0.2, 0) is 13.6 Å². The van der Waals surface area contributed by atoms with Gasteiger partial charge in [-0.3, -0.25) is 14.5 Å². The second-order valence-corrected chi connectivity index (χ2v) is 5.23. The Kier molecular flexibility index (Phi) is 3.74. The Morgan fingerprint density at radius 1 is 1.33 bits per heavy atom. The lowest BCUT2D eigenvalue weighted by Crippen LogP contribution is -2.23. The van der Waals surface area contributed by atoms with E-state index in [0.717, 1.165) is 16.8 Å². The van der Waals surface area contributed by atoms with Crippen molar-refractivity contribution in [1.29, 1.82) is 0 Å². The van der Waals surface area contributed by atoms with E-state index in [2.05, 4.69) is 20.4 Å². The van der Waals surface area contributed by atoms with Crippen LogP contribution in [0.4, 0.5) is 0 Å². The van der Waals surface area contributed by atoms with Crippen molar-refractivity contribution in [2.75, 3.05) is 0 Å². The molecule has 1 N–H and O–H groups in total. The van der Waals surface area contributed by atoms with E-state index in [1.807, 2.05) is 25.4 Å². The molecule has 0 atom stereocenters. The third kappa shape index (κ3) is 3.14. The minimum Gasteiger partial charge on any atom is -0.347 e. The Morgan fingerprint density at radius 2 is 2.24 bits per heavy atom. The fourth-order valence-electron chi connectivity index (χ4n) is 1.85. The Hall–Kier alpha value is -2.54. The van der Waals surface area contributed by atoms with E-state index in [4.69, 9.17) is 0 Å². The lowest BCUT2D eigenvalue weighted by atomic mass is 10.2. The highest BCUT2D eigenvalue weighted by atomic mass is 32.1. The molecule has 0 saturated heterocycles. The highest BCUT2D eigenvalue weighted by Crippen LogP contribution is 2.15. The van der Waals surface area contributed by atoms with E-state index in [1.54, 1.807) is 28.0 Å². The summed E-state index contributed by atoms with van der Waals surface area (Å²) in [5.74, 6) is -0.174. The molecule has 0 radical (unpaired) electrons. The van der Waals surface area contributed by atoms with Gasteiger partial charge in [-0.15, -0.1) is 11.3 Å². The van der Waals surface area contributed by atoms with Gasteiger partial charge in [0.1, 0.15) is 5.69 Å². The predicted octanol–water partition coefficient (Wildman–Crippen LogP) is 1.87. The van der Waals surface area contributed by atoms with Gasteiger partial charge < -0.3 is 5.32 Å². The van der Waals surface area contributed by atoms with E-state index < -0.39 is 0 Å². The molecule has 0 fully saturated rings. The van der Waals surface area contributed by atoms with Crippen molar-refractivity contribution in [1.82, 2.24) is 25.1 Å². The first-order valence-electron chi connectivity index (χ1n) is 6.33. The van der Waals surface area contributed by atoms with E-state index in [0.29, 0.717) is 12.2 Å². The molecule has 3 aromatic heterocycles. The Labute approximate surface area is 125 Å². The van der Waals surface area contributed by atoms with Gasteiger partial charge in [-0.25, -0.2) is 4.98 Å². The summed E-state index contributed by atoms with van der Waals surface area (Å²) in [6, 6.07) is 3.86. The zero-order valence-corrected chi connectivity index (χ0v) is 12.2. The Balaban J connectivity index is 1.63. The van der Waals surface area contributed by atoms with Crippen molar-refractivity contribution in [3.05, 3.63) is 52.9 Å². The molecule has 0 unspecified atom stereocenters. The molecule has 3 aromatic rings. The van der Waals surface area contributed by atoms with Crippen LogP contribution in [0.3, 0.4) is 0 Å². The fourth-order valence-corrected chi connectivity index (χ4v) is 2.38. The highest BCUT2D eigenvalue weighted by Gasteiger charge is 2.07. The first kappa shape index (κ1) is 13.4. The standard InChI is InChI=1S/C14H13N5OS/c1-19-7-11(6-18-19)12-3-2-10(4-15-12)5-16-14(20)13-8-21-9-17-13/h2-4,6-9H,5H2,1H3,(H,16,20). The summed E-state index contributed by atoms with van der Waals surface area (Å²) in [5, 5.41) is 8.65. The molecule has 0 aliphatic heterocycles. The summed E-state index contributed by atoms with van der Waals surface area (Å²) in [6.45, 7) is 0.427. The van der Waals surface area contributed by atoms with Gasteiger partial charge in [-0.2, -0.15) is 5.10 Å². The van der Waals surface area contributed by atoms with Crippen LogP contribution >= 0.6 is 11.3 Å². The van der Waals surface area contributed by atoms with E-state index >= 15 is 0 Å². The predicted molar refractivity (Wildman–Crippen MR) is 79.7 cm³/mol. The molecule has 1 amide bonds. The largest absolute Gasteiger partial charge is 0.347 e. The van der Waals surface area contributed by atoms with Crippen LogP contribution in [0.5, 0.6) is 0 Å². The van der Waals surface area contributed by atoms with E-state index in [9.17, 15) is 4.79 Å². The first-order chi connectivity index (χ1) is 10.2. The topological polar surface area (TPSA) is 72.7 Å². The average molecular weight is 299 g/mol. The van der Waals surface area contributed by atoms with Gasteiger partial charge >= 0.3 is 0 Å². The zero-order valence-electron chi connectivity index (χ0n) is 11.4. The van der Waals surface area contributed by atoms with Gasteiger partial charge in [0.2, 0.25) is 0 Å². The molecule has 0 saturated carbocycles.